The van der Waals surface area contributed by atoms with E-state index in [-0.39, 0.29) is 5.57 Å². The molecule has 1 atom stereocenters. The molecule has 154 valence electrons. The van der Waals surface area contributed by atoms with E-state index in [1.54, 1.807) is 30.3 Å². The average molecular weight is 407 g/mol. The van der Waals surface area contributed by atoms with Gasteiger partial charge in [-0.1, -0.05) is 18.2 Å². The number of rotatable bonds is 5. The summed E-state index contributed by atoms with van der Waals surface area (Å²) < 4.78 is 5.19. The Balaban J connectivity index is 1.88. The van der Waals surface area contributed by atoms with E-state index in [0.29, 0.717) is 17.0 Å². The molecule has 0 radical (unpaired) electrons. The first-order valence-electron chi connectivity index (χ1n) is 9.13. The number of nitrogens with one attached hydrogen (secondary N) is 1. The van der Waals surface area contributed by atoms with Crippen molar-refractivity contribution >= 4 is 35.6 Å². The molecule has 8 nitrogen and oxygen atoms in total. The predicted octanol–water partition coefficient (Wildman–Crippen LogP) is 1.49. The molecule has 2 aromatic rings. The summed E-state index contributed by atoms with van der Waals surface area (Å²) in [5.74, 6) is -2.59. The fourth-order valence-corrected chi connectivity index (χ4v) is 2.82. The Bertz CT molecular complexity index is 1070. The van der Waals surface area contributed by atoms with E-state index in [1.807, 2.05) is 13.8 Å². The van der Waals surface area contributed by atoms with E-state index in [0.717, 1.165) is 16.0 Å². The van der Waals surface area contributed by atoms with Crippen molar-refractivity contribution in [3.8, 4) is 5.75 Å². The minimum atomic E-state index is -1.35. The quantitative estimate of drug-likeness (QED) is 0.593. The van der Waals surface area contributed by atoms with Crippen LogP contribution in [0.5, 0.6) is 5.75 Å². The van der Waals surface area contributed by atoms with Crippen LogP contribution in [0.3, 0.4) is 0 Å². The fraction of sp³-hybridized carbons (Fsp3) is 0.182. The van der Waals surface area contributed by atoms with Crippen molar-refractivity contribution in [3.05, 3.63) is 64.7 Å². The topological polar surface area (TPSA) is 116 Å². The number of carbonyl (C=O) groups excluding carboxylic acids is 4. The zero-order chi connectivity index (χ0) is 22.0. The molecule has 1 aliphatic heterocycles. The molecule has 0 unspecified atom stereocenters. The van der Waals surface area contributed by atoms with Crippen LogP contribution in [0.2, 0.25) is 0 Å². The Morgan fingerprint density at radius 1 is 1.07 bits per heavy atom. The molecule has 0 aliphatic carbocycles. The van der Waals surface area contributed by atoms with Crippen molar-refractivity contribution in [2.24, 2.45) is 0 Å². The monoisotopic (exact) mass is 407 g/mol. The van der Waals surface area contributed by atoms with Crippen LogP contribution < -0.4 is 20.1 Å². The number of carboxylic acids is 1. The van der Waals surface area contributed by atoms with Crippen LogP contribution in [0.15, 0.2) is 48.0 Å². The third-order valence-electron chi connectivity index (χ3n) is 4.69. The number of carboxylic acid groups (broad SMARTS) is 1. The largest absolute Gasteiger partial charge is 0.546 e. The lowest BCUT2D eigenvalue weighted by Gasteiger charge is -2.26. The molecule has 3 rings (SSSR count). The van der Waals surface area contributed by atoms with Gasteiger partial charge in [-0.15, -0.1) is 0 Å². The van der Waals surface area contributed by atoms with Crippen molar-refractivity contribution in [1.82, 2.24) is 5.32 Å². The first-order chi connectivity index (χ1) is 14.2. The Morgan fingerprint density at radius 2 is 1.73 bits per heavy atom. The molecular weight excluding hydrogens is 388 g/mol. The van der Waals surface area contributed by atoms with Crippen molar-refractivity contribution in [2.45, 2.75) is 26.9 Å². The zero-order valence-electron chi connectivity index (χ0n) is 16.6. The van der Waals surface area contributed by atoms with Gasteiger partial charge in [-0.25, -0.2) is 9.69 Å². The summed E-state index contributed by atoms with van der Waals surface area (Å²) in [6.07, 6.45) is 0.224. The summed E-state index contributed by atoms with van der Waals surface area (Å²) in [5, 5.41) is 12.9. The van der Waals surface area contributed by atoms with Crippen LogP contribution >= 0.6 is 0 Å². The summed E-state index contributed by atoms with van der Waals surface area (Å²) in [4.78, 5) is 49.1. The minimum Gasteiger partial charge on any atom is -0.546 e. The van der Waals surface area contributed by atoms with Crippen LogP contribution in [-0.2, 0) is 14.4 Å². The van der Waals surface area contributed by atoms with Crippen molar-refractivity contribution in [2.75, 3.05) is 4.90 Å². The number of benzene rings is 2. The summed E-state index contributed by atoms with van der Waals surface area (Å²) in [6, 6.07) is 10.4. The molecule has 1 heterocycles. The maximum absolute atomic E-state index is 12.9. The van der Waals surface area contributed by atoms with Gasteiger partial charge < -0.3 is 14.6 Å². The van der Waals surface area contributed by atoms with E-state index in [1.165, 1.54) is 25.1 Å². The molecule has 1 N–H and O–H groups in total. The van der Waals surface area contributed by atoms with Gasteiger partial charge in [0.1, 0.15) is 17.4 Å². The first-order valence-corrected chi connectivity index (χ1v) is 9.13. The number of anilines is 1. The highest BCUT2D eigenvalue weighted by Gasteiger charge is 2.36. The third kappa shape index (κ3) is 4.22. The van der Waals surface area contributed by atoms with Crippen LogP contribution in [0, 0.1) is 13.8 Å². The van der Waals surface area contributed by atoms with Crippen LogP contribution in [0.1, 0.15) is 23.6 Å². The van der Waals surface area contributed by atoms with Crippen molar-refractivity contribution < 1.29 is 29.0 Å². The van der Waals surface area contributed by atoms with Gasteiger partial charge in [0, 0.05) is 0 Å². The van der Waals surface area contributed by atoms with Gasteiger partial charge in [-0.2, -0.15) is 0 Å². The number of barbiturate groups is 1. The fourth-order valence-electron chi connectivity index (χ4n) is 2.82. The Kier molecular flexibility index (Phi) is 5.68. The lowest BCUT2D eigenvalue weighted by molar-refractivity contribution is -0.312. The molecule has 2 aromatic carbocycles. The normalized spacial score (nSPS) is 16.4. The number of aliphatic carboxylic acids is 1. The van der Waals surface area contributed by atoms with E-state index < -0.39 is 29.9 Å². The highest BCUT2D eigenvalue weighted by molar-refractivity contribution is 6.39. The third-order valence-corrected chi connectivity index (χ3v) is 4.69. The SMILES string of the molecule is Cc1ccc(N2C(=O)NC(=O)/C(=C/c3ccc(O[C@@H](C)C(=O)[O-])cc3)C2=O)cc1C. The number of hydrogen-bond acceptors (Lipinski definition) is 6. The molecule has 1 saturated heterocycles. The molecule has 4 amide bonds. The van der Waals surface area contributed by atoms with Gasteiger partial charge in [0.25, 0.3) is 11.8 Å². The molecule has 8 heteroatoms. The first kappa shape index (κ1) is 20.8. The van der Waals surface area contributed by atoms with Gasteiger partial charge in [-0.05, 0) is 67.8 Å². The van der Waals surface area contributed by atoms with Crippen LogP contribution in [-0.4, -0.2) is 29.9 Å². The van der Waals surface area contributed by atoms with Gasteiger partial charge in [-0.3, -0.25) is 14.9 Å². The van der Waals surface area contributed by atoms with Gasteiger partial charge in [0.05, 0.1) is 11.7 Å². The molecule has 0 spiro atoms. The second-order valence-corrected chi connectivity index (χ2v) is 6.87. The Hall–Kier alpha value is -3.94. The van der Waals surface area contributed by atoms with Crippen molar-refractivity contribution in [1.29, 1.82) is 0 Å². The van der Waals surface area contributed by atoms with Crippen LogP contribution in [0.25, 0.3) is 6.08 Å². The number of ether oxygens (including phenoxy) is 1. The molecule has 30 heavy (non-hydrogen) atoms. The Morgan fingerprint density at radius 3 is 2.33 bits per heavy atom. The highest BCUT2D eigenvalue weighted by Crippen LogP contribution is 2.24. The van der Waals surface area contributed by atoms with E-state index >= 15 is 0 Å². The molecule has 0 aromatic heterocycles. The lowest BCUT2D eigenvalue weighted by Crippen LogP contribution is -2.54. The minimum absolute atomic E-state index is 0.204. The average Bonchev–Trinajstić information content (AvgIpc) is 2.69. The van der Waals surface area contributed by atoms with E-state index in [2.05, 4.69) is 5.32 Å². The molecule has 0 bridgehead atoms. The van der Waals surface area contributed by atoms with Gasteiger partial charge in [0.15, 0.2) is 0 Å². The maximum Gasteiger partial charge on any atom is 0.335 e. The molecule has 0 saturated carbocycles. The number of hydrogen-bond donors (Lipinski definition) is 1. The molecule has 1 aliphatic rings. The zero-order valence-corrected chi connectivity index (χ0v) is 16.6. The standard InChI is InChI=1S/C22H20N2O6/c1-12-4-7-16(10-13(12)2)24-20(26)18(19(25)23-22(24)29)11-15-5-8-17(9-6-15)30-14(3)21(27)28/h4-11,14H,1-3H3,(H,27,28)(H,23,25,29)/p-1/b18-11-/t14-/m0/s1. The number of carbonyl (C=O) groups is 4. The highest BCUT2D eigenvalue weighted by atomic mass is 16.5. The molecular formula is C22H19N2O6-. The van der Waals surface area contributed by atoms with Gasteiger partial charge in [0.2, 0.25) is 0 Å². The van der Waals surface area contributed by atoms with Crippen LogP contribution in [0.4, 0.5) is 10.5 Å². The second kappa shape index (κ2) is 8.20. The van der Waals surface area contributed by atoms with E-state index in [4.69, 9.17) is 4.74 Å². The number of imide groups is 2. The number of amides is 4. The number of nitrogens with zero attached hydrogens (tertiary/aromatic N) is 1. The van der Waals surface area contributed by atoms with E-state index in [9.17, 15) is 24.3 Å². The molecule has 1 fully saturated rings. The summed E-state index contributed by atoms with van der Waals surface area (Å²) in [6.45, 7) is 5.11. The van der Waals surface area contributed by atoms with Gasteiger partial charge >= 0.3 is 6.03 Å². The summed E-state index contributed by atoms with van der Waals surface area (Å²) in [5.41, 5.74) is 2.56. The number of urea groups is 1. The maximum atomic E-state index is 12.9. The summed E-state index contributed by atoms with van der Waals surface area (Å²) >= 11 is 0. The lowest BCUT2D eigenvalue weighted by atomic mass is 10.1. The number of aryl methyl sites for hydroxylation is 2. The smallest absolute Gasteiger partial charge is 0.335 e. The summed E-state index contributed by atoms with van der Waals surface area (Å²) in [7, 11) is 0. The second-order valence-electron chi connectivity index (χ2n) is 6.87. The Labute approximate surface area is 172 Å². The predicted molar refractivity (Wildman–Crippen MR) is 106 cm³/mol. The van der Waals surface area contributed by atoms with Crippen molar-refractivity contribution in [3.63, 3.8) is 0 Å².